The van der Waals surface area contributed by atoms with Crippen LogP contribution in [0.2, 0.25) is 0 Å². The van der Waals surface area contributed by atoms with Crippen LogP contribution in [0.3, 0.4) is 0 Å². The first-order valence-electron chi connectivity index (χ1n) is 12.4. The number of aliphatic hydroxyl groups is 1. The van der Waals surface area contributed by atoms with Crippen molar-refractivity contribution in [2.45, 2.75) is 84.3 Å². The number of hydrogen-bond donors (Lipinski definition) is 1. The van der Waals surface area contributed by atoms with Gasteiger partial charge in [-0.2, -0.15) is 0 Å². The summed E-state index contributed by atoms with van der Waals surface area (Å²) in [5.41, 5.74) is 4.45. The monoisotopic (exact) mass is 446 g/mol. The van der Waals surface area contributed by atoms with Crippen LogP contribution in [0.15, 0.2) is 60.9 Å². The molecule has 3 aromatic rings. The average molecular weight is 447 g/mol. The molecule has 0 spiro atoms. The van der Waals surface area contributed by atoms with Crippen molar-refractivity contribution < 1.29 is 9.84 Å². The third-order valence-electron chi connectivity index (χ3n) is 5.88. The predicted octanol–water partition coefficient (Wildman–Crippen LogP) is 7.25. The lowest BCUT2D eigenvalue weighted by molar-refractivity contribution is 0.115. The third-order valence-corrected chi connectivity index (χ3v) is 5.88. The molecule has 1 aromatic heterocycles. The molecule has 0 fully saturated rings. The Labute approximate surface area is 199 Å². The van der Waals surface area contributed by atoms with Gasteiger partial charge in [-0.05, 0) is 49.9 Å². The molecule has 4 nitrogen and oxygen atoms in total. The number of aryl methyl sites for hydroxylation is 1. The maximum atomic E-state index is 9.49. The van der Waals surface area contributed by atoms with Crippen molar-refractivity contribution in [2.75, 3.05) is 0 Å². The minimum absolute atomic E-state index is 0.0318. The molecule has 1 heterocycles. The highest BCUT2D eigenvalue weighted by Crippen LogP contribution is 2.24. The van der Waals surface area contributed by atoms with Gasteiger partial charge in [-0.1, -0.05) is 75.4 Å². The maximum Gasteiger partial charge on any atom is 0.159 e. The average Bonchev–Trinajstić information content (AvgIpc) is 2.82. The van der Waals surface area contributed by atoms with E-state index in [1.54, 1.807) is 6.92 Å². The number of aromatic nitrogens is 2. The molecule has 1 N–H and O–H groups in total. The molecule has 0 aliphatic heterocycles. The minimum Gasteiger partial charge on any atom is -0.491 e. The zero-order valence-electron chi connectivity index (χ0n) is 20.3. The molecule has 0 saturated carbocycles. The van der Waals surface area contributed by atoms with Gasteiger partial charge in [0.1, 0.15) is 5.75 Å². The molecular weight excluding hydrogens is 408 g/mol. The summed E-state index contributed by atoms with van der Waals surface area (Å²) >= 11 is 0. The minimum atomic E-state index is -0.369. The number of hydrogen-bond acceptors (Lipinski definition) is 4. The second-order valence-corrected chi connectivity index (χ2v) is 9.05. The fraction of sp³-hybridized carbons (Fsp3) is 0.448. The van der Waals surface area contributed by atoms with E-state index < -0.39 is 0 Å². The Bertz CT molecular complexity index is 935. The van der Waals surface area contributed by atoms with Gasteiger partial charge in [0.15, 0.2) is 5.82 Å². The standard InChI is InChI=1S/C29H38N2O2/c1-4-5-6-7-8-9-10-24-11-13-26(14-12-24)29-30-20-27(21-31-29)25-15-17-28(18-16-25)33-23(3)19-22(2)32/h11-18,20-23,32H,4-10,19H2,1-3H3/t22-,23+/m1/s1. The number of unbranched alkanes of at least 4 members (excludes halogenated alkanes) is 5. The summed E-state index contributed by atoms with van der Waals surface area (Å²) in [6.45, 7) is 6.00. The number of rotatable bonds is 13. The van der Waals surface area contributed by atoms with Gasteiger partial charge in [-0.3, -0.25) is 0 Å². The molecule has 3 rings (SSSR count). The molecule has 0 bridgehead atoms. The van der Waals surface area contributed by atoms with Crippen LogP contribution in [0.25, 0.3) is 22.5 Å². The van der Waals surface area contributed by atoms with E-state index in [2.05, 4.69) is 41.2 Å². The van der Waals surface area contributed by atoms with Crippen molar-refractivity contribution in [3.05, 3.63) is 66.5 Å². The van der Waals surface area contributed by atoms with Gasteiger partial charge in [-0.15, -0.1) is 0 Å². The van der Waals surface area contributed by atoms with E-state index in [-0.39, 0.29) is 12.2 Å². The van der Waals surface area contributed by atoms with Gasteiger partial charge in [0.2, 0.25) is 0 Å². The van der Waals surface area contributed by atoms with Crippen LogP contribution < -0.4 is 4.74 Å². The van der Waals surface area contributed by atoms with E-state index in [9.17, 15) is 5.11 Å². The number of nitrogens with zero attached hydrogens (tertiary/aromatic N) is 2. The highest BCUT2D eigenvalue weighted by molar-refractivity contribution is 5.64. The Balaban J connectivity index is 1.53. The van der Waals surface area contributed by atoms with Crippen molar-refractivity contribution in [2.24, 2.45) is 0 Å². The van der Waals surface area contributed by atoms with Gasteiger partial charge in [0, 0.05) is 29.9 Å². The zero-order valence-corrected chi connectivity index (χ0v) is 20.3. The van der Waals surface area contributed by atoms with Gasteiger partial charge in [0.05, 0.1) is 12.2 Å². The molecule has 0 radical (unpaired) electrons. The number of benzene rings is 2. The summed E-state index contributed by atoms with van der Waals surface area (Å²) in [6, 6.07) is 16.6. The lowest BCUT2D eigenvalue weighted by Gasteiger charge is -2.16. The van der Waals surface area contributed by atoms with Crippen molar-refractivity contribution in [3.63, 3.8) is 0 Å². The normalized spacial score (nSPS) is 13.0. The van der Waals surface area contributed by atoms with Crippen molar-refractivity contribution in [3.8, 4) is 28.3 Å². The van der Waals surface area contributed by atoms with Crippen molar-refractivity contribution in [1.82, 2.24) is 9.97 Å². The summed E-state index contributed by atoms with van der Waals surface area (Å²) in [7, 11) is 0. The summed E-state index contributed by atoms with van der Waals surface area (Å²) in [4.78, 5) is 9.18. The summed E-state index contributed by atoms with van der Waals surface area (Å²) in [5.74, 6) is 1.54. The molecule has 0 unspecified atom stereocenters. The number of aliphatic hydroxyl groups excluding tert-OH is 1. The van der Waals surface area contributed by atoms with Crippen LogP contribution in [0.4, 0.5) is 0 Å². The predicted molar refractivity (Wildman–Crippen MR) is 136 cm³/mol. The maximum absolute atomic E-state index is 9.49. The van der Waals surface area contributed by atoms with E-state index in [0.717, 1.165) is 34.7 Å². The smallest absolute Gasteiger partial charge is 0.159 e. The van der Waals surface area contributed by atoms with Gasteiger partial charge in [0.25, 0.3) is 0 Å². The topological polar surface area (TPSA) is 55.2 Å². The Morgan fingerprint density at radius 2 is 1.36 bits per heavy atom. The van der Waals surface area contributed by atoms with Gasteiger partial charge in [-0.25, -0.2) is 9.97 Å². The lowest BCUT2D eigenvalue weighted by Crippen LogP contribution is -2.18. The van der Waals surface area contributed by atoms with Crippen LogP contribution in [0.1, 0.15) is 71.3 Å². The first-order valence-corrected chi connectivity index (χ1v) is 12.4. The molecule has 176 valence electrons. The molecular formula is C29H38N2O2. The van der Waals surface area contributed by atoms with Gasteiger partial charge < -0.3 is 9.84 Å². The third kappa shape index (κ3) is 8.29. The quantitative estimate of drug-likeness (QED) is 0.281. The first-order chi connectivity index (χ1) is 16.0. The first kappa shape index (κ1) is 24.9. The van der Waals surface area contributed by atoms with Crippen LogP contribution in [-0.2, 0) is 6.42 Å². The highest BCUT2D eigenvalue weighted by atomic mass is 16.5. The zero-order chi connectivity index (χ0) is 23.5. The largest absolute Gasteiger partial charge is 0.491 e. The number of ether oxygens (including phenoxy) is 1. The van der Waals surface area contributed by atoms with E-state index in [1.165, 1.54) is 44.1 Å². The Hall–Kier alpha value is -2.72. The summed E-state index contributed by atoms with van der Waals surface area (Å²) in [5, 5.41) is 9.49. The molecule has 4 heteroatoms. The lowest BCUT2D eigenvalue weighted by atomic mass is 10.0. The Morgan fingerprint density at radius 1 is 0.758 bits per heavy atom. The second-order valence-electron chi connectivity index (χ2n) is 9.05. The van der Waals surface area contributed by atoms with E-state index >= 15 is 0 Å². The second kappa shape index (κ2) is 13.1. The van der Waals surface area contributed by atoms with Crippen LogP contribution in [0, 0.1) is 0 Å². The van der Waals surface area contributed by atoms with Crippen LogP contribution in [0.5, 0.6) is 5.75 Å². The molecule has 2 atom stereocenters. The van der Waals surface area contributed by atoms with E-state index in [4.69, 9.17) is 4.74 Å². The fourth-order valence-corrected chi connectivity index (χ4v) is 4.04. The molecule has 0 amide bonds. The molecule has 0 saturated heterocycles. The summed E-state index contributed by atoms with van der Waals surface area (Å²) < 4.78 is 5.86. The van der Waals surface area contributed by atoms with Crippen LogP contribution in [-0.4, -0.2) is 27.3 Å². The van der Waals surface area contributed by atoms with E-state index in [0.29, 0.717) is 6.42 Å². The SMILES string of the molecule is CCCCCCCCc1ccc(-c2ncc(-c3ccc(O[C@@H](C)C[C@@H](C)O)cc3)cn2)cc1. The molecule has 0 aliphatic carbocycles. The molecule has 33 heavy (non-hydrogen) atoms. The summed E-state index contributed by atoms with van der Waals surface area (Å²) in [6.07, 6.45) is 13.1. The Kier molecular flexibility index (Phi) is 9.89. The van der Waals surface area contributed by atoms with Crippen molar-refractivity contribution in [1.29, 1.82) is 0 Å². The Morgan fingerprint density at radius 3 is 2.00 bits per heavy atom. The molecule has 0 aliphatic rings. The van der Waals surface area contributed by atoms with Gasteiger partial charge >= 0.3 is 0 Å². The van der Waals surface area contributed by atoms with E-state index in [1.807, 2.05) is 43.6 Å². The highest BCUT2D eigenvalue weighted by Gasteiger charge is 2.09. The van der Waals surface area contributed by atoms with Crippen LogP contribution >= 0.6 is 0 Å². The van der Waals surface area contributed by atoms with Crippen molar-refractivity contribution >= 4 is 0 Å². The fourth-order valence-electron chi connectivity index (χ4n) is 4.04. The molecule has 2 aromatic carbocycles.